The van der Waals surface area contributed by atoms with Crippen molar-refractivity contribution in [3.8, 4) is 0 Å². The quantitative estimate of drug-likeness (QED) is 0.752. The molecule has 0 radical (unpaired) electrons. The smallest absolute Gasteiger partial charge is 0.234 e. The Morgan fingerprint density at radius 3 is 2.63 bits per heavy atom. The molecule has 0 fully saturated rings. The van der Waals surface area contributed by atoms with Crippen molar-refractivity contribution in [2.75, 3.05) is 12.3 Å². The maximum atomic E-state index is 11.6. The Kier molecular flexibility index (Phi) is 4.94. The molecule has 0 aliphatic heterocycles. The van der Waals surface area contributed by atoms with E-state index in [1.165, 1.54) is 0 Å². The first-order chi connectivity index (χ1) is 9.25. The maximum absolute atomic E-state index is 11.6. The standard InChI is InChI=1S/C14H17N3OS/c15-12-6-7-19-13(12)9-16-10-14(18)17-8-11-4-2-1-3-5-11/h1-7,16H,8-10,15H2,(H,17,18). The van der Waals surface area contributed by atoms with Crippen molar-refractivity contribution in [2.45, 2.75) is 13.1 Å². The minimum absolute atomic E-state index is 0.0148. The highest BCUT2D eigenvalue weighted by Gasteiger charge is 2.03. The van der Waals surface area contributed by atoms with Gasteiger partial charge in [0.1, 0.15) is 0 Å². The van der Waals surface area contributed by atoms with Gasteiger partial charge in [-0.15, -0.1) is 11.3 Å². The van der Waals surface area contributed by atoms with Gasteiger partial charge in [-0.1, -0.05) is 30.3 Å². The molecule has 0 atom stereocenters. The van der Waals surface area contributed by atoms with Crippen LogP contribution in [0.5, 0.6) is 0 Å². The third-order valence-corrected chi connectivity index (χ3v) is 3.62. The molecule has 100 valence electrons. The maximum Gasteiger partial charge on any atom is 0.234 e. The summed E-state index contributed by atoms with van der Waals surface area (Å²) < 4.78 is 0. The van der Waals surface area contributed by atoms with Crippen molar-refractivity contribution in [3.63, 3.8) is 0 Å². The van der Waals surface area contributed by atoms with Gasteiger partial charge in [-0.25, -0.2) is 0 Å². The third-order valence-electron chi connectivity index (χ3n) is 2.68. The number of amides is 1. The fourth-order valence-corrected chi connectivity index (χ4v) is 2.41. The van der Waals surface area contributed by atoms with Crippen LogP contribution >= 0.6 is 11.3 Å². The number of nitrogens with two attached hydrogens (primary N) is 1. The van der Waals surface area contributed by atoms with Crippen molar-refractivity contribution in [2.24, 2.45) is 0 Å². The van der Waals surface area contributed by atoms with Gasteiger partial charge in [0.15, 0.2) is 0 Å². The van der Waals surface area contributed by atoms with Gasteiger partial charge in [0.2, 0.25) is 5.91 Å². The summed E-state index contributed by atoms with van der Waals surface area (Å²) in [5.41, 5.74) is 7.64. The first-order valence-electron chi connectivity index (χ1n) is 6.09. The van der Waals surface area contributed by atoms with E-state index in [1.54, 1.807) is 11.3 Å². The molecular weight excluding hydrogens is 258 g/mol. The van der Waals surface area contributed by atoms with Crippen LogP contribution in [0.3, 0.4) is 0 Å². The van der Waals surface area contributed by atoms with E-state index in [4.69, 9.17) is 5.73 Å². The van der Waals surface area contributed by atoms with Gasteiger partial charge in [0, 0.05) is 23.7 Å². The molecule has 19 heavy (non-hydrogen) atoms. The predicted octanol–water partition coefficient (Wildman–Crippen LogP) is 1.74. The van der Waals surface area contributed by atoms with Gasteiger partial charge >= 0.3 is 0 Å². The van der Waals surface area contributed by atoms with Crippen LogP contribution in [-0.4, -0.2) is 12.5 Å². The summed E-state index contributed by atoms with van der Waals surface area (Å²) in [5.74, 6) is -0.0148. The first-order valence-corrected chi connectivity index (χ1v) is 6.97. The molecule has 0 saturated carbocycles. The summed E-state index contributed by atoms with van der Waals surface area (Å²) in [6.45, 7) is 1.48. The van der Waals surface area contributed by atoms with Crippen molar-refractivity contribution in [1.29, 1.82) is 0 Å². The van der Waals surface area contributed by atoms with E-state index >= 15 is 0 Å². The molecule has 0 saturated heterocycles. The van der Waals surface area contributed by atoms with Gasteiger partial charge in [-0.2, -0.15) is 0 Å². The Hall–Kier alpha value is -1.85. The number of carbonyl (C=O) groups is 1. The predicted molar refractivity (Wildman–Crippen MR) is 78.7 cm³/mol. The van der Waals surface area contributed by atoms with Crippen LogP contribution in [0.25, 0.3) is 0 Å². The summed E-state index contributed by atoms with van der Waals surface area (Å²) in [7, 11) is 0. The lowest BCUT2D eigenvalue weighted by Crippen LogP contribution is -2.33. The largest absolute Gasteiger partial charge is 0.398 e. The minimum atomic E-state index is -0.0148. The highest BCUT2D eigenvalue weighted by molar-refractivity contribution is 7.10. The number of benzene rings is 1. The summed E-state index contributed by atoms with van der Waals surface area (Å²) in [6, 6.07) is 11.7. The Balaban J connectivity index is 1.66. The van der Waals surface area contributed by atoms with E-state index in [-0.39, 0.29) is 5.91 Å². The van der Waals surface area contributed by atoms with E-state index in [2.05, 4.69) is 10.6 Å². The third kappa shape index (κ3) is 4.39. The lowest BCUT2D eigenvalue weighted by atomic mass is 10.2. The zero-order valence-corrected chi connectivity index (χ0v) is 11.4. The molecule has 4 N–H and O–H groups in total. The highest BCUT2D eigenvalue weighted by atomic mass is 32.1. The number of anilines is 1. The number of nitrogens with one attached hydrogen (secondary N) is 2. The monoisotopic (exact) mass is 275 g/mol. The van der Waals surface area contributed by atoms with E-state index in [0.717, 1.165) is 16.1 Å². The zero-order valence-electron chi connectivity index (χ0n) is 10.6. The van der Waals surface area contributed by atoms with Crippen LogP contribution in [0.1, 0.15) is 10.4 Å². The van der Waals surface area contributed by atoms with Crippen molar-refractivity contribution >= 4 is 22.9 Å². The highest BCUT2D eigenvalue weighted by Crippen LogP contribution is 2.17. The molecule has 0 spiro atoms. The summed E-state index contributed by atoms with van der Waals surface area (Å²) in [6.07, 6.45) is 0. The Bertz CT molecular complexity index is 524. The molecular formula is C14H17N3OS. The van der Waals surface area contributed by atoms with Crippen LogP contribution in [0.15, 0.2) is 41.8 Å². The van der Waals surface area contributed by atoms with Crippen LogP contribution in [0.4, 0.5) is 5.69 Å². The molecule has 0 aliphatic rings. The number of carbonyl (C=O) groups excluding carboxylic acids is 1. The first kappa shape index (κ1) is 13.6. The average Bonchev–Trinajstić information content (AvgIpc) is 2.83. The molecule has 0 aliphatic carbocycles. The fraction of sp³-hybridized carbons (Fsp3) is 0.214. The zero-order chi connectivity index (χ0) is 13.5. The van der Waals surface area contributed by atoms with Gasteiger partial charge in [-0.3, -0.25) is 4.79 Å². The summed E-state index contributed by atoms with van der Waals surface area (Å²) >= 11 is 1.59. The molecule has 0 bridgehead atoms. The number of hydrogen-bond donors (Lipinski definition) is 3. The van der Waals surface area contributed by atoms with E-state index in [1.807, 2.05) is 41.8 Å². The van der Waals surface area contributed by atoms with Crippen molar-refractivity contribution in [1.82, 2.24) is 10.6 Å². The van der Waals surface area contributed by atoms with Gasteiger partial charge < -0.3 is 16.4 Å². The molecule has 2 aromatic rings. The Labute approximate surface area is 116 Å². The molecule has 5 heteroatoms. The van der Waals surface area contributed by atoms with Crippen LogP contribution < -0.4 is 16.4 Å². The number of thiophene rings is 1. The summed E-state index contributed by atoms with van der Waals surface area (Å²) in [5, 5.41) is 7.89. The molecule has 1 aromatic carbocycles. The number of rotatable bonds is 6. The minimum Gasteiger partial charge on any atom is -0.398 e. The Morgan fingerprint density at radius 1 is 1.16 bits per heavy atom. The van der Waals surface area contributed by atoms with E-state index in [0.29, 0.717) is 19.6 Å². The van der Waals surface area contributed by atoms with Crippen LogP contribution in [0, 0.1) is 0 Å². The van der Waals surface area contributed by atoms with Gasteiger partial charge in [0.05, 0.1) is 6.54 Å². The normalized spacial score (nSPS) is 10.3. The van der Waals surface area contributed by atoms with E-state index < -0.39 is 0 Å². The average molecular weight is 275 g/mol. The van der Waals surface area contributed by atoms with E-state index in [9.17, 15) is 4.79 Å². The lowest BCUT2D eigenvalue weighted by molar-refractivity contribution is -0.120. The second kappa shape index (κ2) is 6.92. The molecule has 2 rings (SSSR count). The Morgan fingerprint density at radius 2 is 1.95 bits per heavy atom. The number of hydrogen-bond acceptors (Lipinski definition) is 4. The van der Waals surface area contributed by atoms with Crippen LogP contribution in [-0.2, 0) is 17.9 Å². The van der Waals surface area contributed by atoms with Gasteiger partial charge in [0.25, 0.3) is 0 Å². The lowest BCUT2D eigenvalue weighted by Gasteiger charge is -2.06. The molecule has 1 amide bonds. The fourth-order valence-electron chi connectivity index (χ4n) is 1.64. The van der Waals surface area contributed by atoms with Crippen molar-refractivity contribution < 1.29 is 4.79 Å². The molecule has 0 unspecified atom stereocenters. The molecule has 4 nitrogen and oxygen atoms in total. The SMILES string of the molecule is Nc1ccsc1CNCC(=O)NCc1ccccc1. The van der Waals surface area contributed by atoms with Crippen LogP contribution in [0.2, 0.25) is 0 Å². The molecule has 1 aromatic heterocycles. The van der Waals surface area contributed by atoms with Gasteiger partial charge in [-0.05, 0) is 17.0 Å². The van der Waals surface area contributed by atoms with Crippen molar-refractivity contribution in [3.05, 3.63) is 52.2 Å². The molecule has 1 heterocycles. The summed E-state index contributed by atoms with van der Waals surface area (Å²) in [4.78, 5) is 12.7. The second-order valence-corrected chi connectivity index (χ2v) is 5.17. The second-order valence-electron chi connectivity index (χ2n) is 4.17. The topological polar surface area (TPSA) is 67.1 Å². The number of nitrogen functional groups attached to an aromatic ring is 1.